The smallest absolute Gasteiger partial charge is 0.248 e. The van der Waals surface area contributed by atoms with Crippen LogP contribution in [-0.4, -0.2) is 77.5 Å². The molecule has 8 heteroatoms. The first-order valence-electron chi connectivity index (χ1n) is 8.42. The predicted octanol–water partition coefficient (Wildman–Crippen LogP) is 0.0518. The third kappa shape index (κ3) is 3.76. The van der Waals surface area contributed by atoms with E-state index < -0.39 is 0 Å². The quantitative estimate of drug-likeness (QED) is 0.759. The highest BCUT2D eigenvalue weighted by Crippen LogP contribution is 2.24. The molecule has 24 heavy (non-hydrogen) atoms. The van der Waals surface area contributed by atoms with Crippen molar-refractivity contribution in [3.63, 3.8) is 0 Å². The second-order valence-corrected chi connectivity index (χ2v) is 6.03. The van der Waals surface area contributed by atoms with Crippen LogP contribution < -0.4 is 0 Å². The predicted molar refractivity (Wildman–Crippen MR) is 85.2 cm³/mol. The third-order valence-corrected chi connectivity index (χ3v) is 4.44. The van der Waals surface area contributed by atoms with Crippen molar-refractivity contribution in [2.24, 2.45) is 0 Å². The zero-order valence-corrected chi connectivity index (χ0v) is 14.0. The van der Waals surface area contributed by atoms with Gasteiger partial charge in [0, 0.05) is 32.4 Å². The summed E-state index contributed by atoms with van der Waals surface area (Å²) in [6, 6.07) is 1.76. The van der Waals surface area contributed by atoms with E-state index in [4.69, 9.17) is 9.47 Å². The molecule has 0 aromatic carbocycles. The molecule has 1 fully saturated rings. The number of hydrogen-bond donors (Lipinski definition) is 0. The van der Waals surface area contributed by atoms with Gasteiger partial charge in [0.15, 0.2) is 0 Å². The Morgan fingerprint density at radius 1 is 1.29 bits per heavy atom. The molecule has 1 saturated heterocycles. The molecule has 0 spiro atoms. The van der Waals surface area contributed by atoms with E-state index in [1.807, 2.05) is 22.6 Å². The van der Waals surface area contributed by atoms with E-state index in [1.165, 1.54) is 0 Å². The van der Waals surface area contributed by atoms with Crippen LogP contribution in [0.1, 0.15) is 25.1 Å². The summed E-state index contributed by atoms with van der Waals surface area (Å²) in [6.45, 7) is 5.87. The summed E-state index contributed by atoms with van der Waals surface area (Å²) in [5.74, 6) is 0.0389. The average Bonchev–Trinajstić information content (AvgIpc) is 3.09. The Morgan fingerprint density at radius 2 is 2.08 bits per heavy atom. The summed E-state index contributed by atoms with van der Waals surface area (Å²) in [6.07, 6.45) is 2.06. The second kappa shape index (κ2) is 7.76. The molecule has 3 rings (SSSR count). The standard InChI is InChI=1S/C16H24N4O4/c1-2-23-12-16(22)19-10-13-3-4-17-20(13)14(11-19)9-15(21)18-5-7-24-8-6-18/h3-4,14H,2,5-12H2,1H3/t14-/m1/s1. The summed E-state index contributed by atoms with van der Waals surface area (Å²) < 4.78 is 12.4. The summed E-state index contributed by atoms with van der Waals surface area (Å²) in [7, 11) is 0. The molecular formula is C16H24N4O4. The fraction of sp³-hybridized carbons (Fsp3) is 0.688. The van der Waals surface area contributed by atoms with Crippen molar-refractivity contribution >= 4 is 11.8 Å². The molecule has 1 aromatic heterocycles. The Balaban J connectivity index is 1.67. The van der Waals surface area contributed by atoms with Gasteiger partial charge in [-0.05, 0) is 13.0 Å². The summed E-state index contributed by atoms with van der Waals surface area (Å²) in [5, 5.41) is 4.34. The molecule has 0 saturated carbocycles. The van der Waals surface area contributed by atoms with Crippen LogP contribution in [0.3, 0.4) is 0 Å². The molecule has 1 aromatic rings. The maximum atomic E-state index is 12.5. The SMILES string of the molecule is CCOCC(=O)N1Cc2ccnn2[C@H](CC(=O)N2CCOCC2)C1. The van der Waals surface area contributed by atoms with E-state index in [1.54, 1.807) is 11.1 Å². The zero-order valence-electron chi connectivity index (χ0n) is 14.0. The van der Waals surface area contributed by atoms with E-state index in [0.29, 0.717) is 52.4 Å². The number of amides is 2. The van der Waals surface area contributed by atoms with Crippen molar-refractivity contribution in [1.29, 1.82) is 0 Å². The van der Waals surface area contributed by atoms with Crippen LogP contribution in [0, 0.1) is 0 Å². The first-order chi connectivity index (χ1) is 11.7. The topological polar surface area (TPSA) is 76.9 Å². The Morgan fingerprint density at radius 3 is 2.83 bits per heavy atom. The van der Waals surface area contributed by atoms with Gasteiger partial charge in [-0.25, -0.2) is 0 Å². The lowest BCUT2D eigenvalue weighted by atomic mass is 10.1. The van der Waals surface area contributed by atoms with Gasteiger partial charge in [0.1, 0.15) is 6.61 Å². The molecule has 8 nitrogen and oxygen atoms in total. The first kappa shape index (κ1) is 16.9. The summed E-state index contributed by atoms with van der Waals surface area (Å²) in [4.78, 5) is 28.4. The minimum absolute atomic E-state index is 0.0480. The number of carbonyl (C=O) groups is 2. The van der Waals surface area contributed by atoms with E-state index in [9.17, 15) is 9.59 Å². The largest absolute Gasteiger partial charge is 0.378 e. The van der Waals surface area contributed by atoms with Crippen LogP contribution in [-0.2, 0) is 25.6 Å². The van der Waals surface area contributed by atoms with Gasteiger partial charge in [0.25, 0.3) is 0 Å². The number of aromatic nitrogens is 2. The number of carbonyl (C=O) groups excluding carboxylic acids is 2. The monoisotopic (exact) mass is 336 g/mol. The lowest BCUT2D eigenvalue weighted by Crippen LogP contribution is -2.46. The molecule has 2 amide bonds. The van der Waals surface area contributed by atoms with Crippen LogP contribution in [0.25, 0.3) is 0 Å². The molecule has 2 aliphatic heterocycles. The number of hydrogen-bond acceptors (Lipinski definition) is 5. The Hall–Kier alpha value is -1.93. The van der Waals surface area contributed by atoms with Crippen molar-refractivity contribution in [1.82, 2.24) is 19.6 Å². The fourth-order valence-corrected chi connectivity index (χ4v) is 3.15. The minimum atomic E-state index is -0.135. The molecule has 1 atom stereocenters. The van der Waals surface area contributed by atoms with Crippen molar-refractivity contribution < 1.29 is 19.1 Å². The molecule has 2 aliphatic rings. The highest BCUT2D eigenvalue weighted by molar-refractivity contribution is 5.78. The Kier molecular flexibility index (Phi) is 5.47. The van der Waals surface area contributed by atoms with Gasteiger partial charge < -0.3 is 19.3 Å². The highest BCUT2D eigenvalue weighted by atomic mass is 16.5. The molecule has 3 heterocycles. The molecule has 0 aliphatic carbocycles. The number of rotatable bonds is 5. The third-order valence-electron chi connectivity index (χ3n) is 4.44. The number of fused-ring (bicyclic) bond motifs is 1. The summed E-state index contributed by atoms with van der Waals surface area (Å²) >= 11 is 0. The van der Waals surface area contributed by atoms with Gasteiger partial charge >= 0.3 is 0 Å². The van der Waals surface area contributed by atoms with E-state index in [-0.39, 0.29) is 24.5 Å². The molecule has 0 unspecified atom stereocenters. The van der Waals surface area contributed by atoms with E-state index in [2.05, 4.69) is 5.10 Å². The Labute approximate surface area is 141 Å². The van der Waals surface area contributed by atoms with Gasteiger partial charge in [-0.15, -0.1) is 0 Å². The van der Waals surface area contributed by atoms with Crippen molar-refractivity contribution in [3.8, 4) is 0 Å². The molecule has 0 radical (unpaired) electrons. The molecule has 132 valence electrons. The van der Waals surface area contributed by atoms with Crippen LogP contribution in [0.5, 0.6) is 0 Å². The molecule has 0 bridgehead atoms. The zero-order chi connectivity index (χ0) is 16.9. The van der Waals surface area contributed by atoms with Crippen molar-refractivity contribution in [2.45, 2.75) is 25.9 Å². The fourth-order valence-electron chi connectivity index (χ4n) is 3.15. The van der Waals surface area contributed by atoms with Crippen LogP contribution in [0.4, 0.5) is 0 Å². The highest BCUT2D eigenvalue weighted by Gasteiger charge is 2.31. The maximum absolute atomic E-state index is 12.5. The minimum Gasteiger partial charge on any atom is -0.378 e. The van der Waals surface area contributed by atoms with Crippen molar-refractivity contribution in [3.05, 3.63) is 18.0 Å². The van der Waals surface area contributed by atoms with Crippen molar-refractivity contribution in [2.75, 3.05) is 46.1 Å². The molecule has 0 N–H and O–H groups in total. The lowest BCUT2D eigenvalue weighted by molar-refractivity contribution is -0.141. The lowest BCUT2D eigenvalue weighted by Gasteiger charge is -2.35. The van der Waals surface area contributed by atoms with Crippen LogP contribution in [0.2, 0.25) is 0 Å². The van der Waals surface area contributed by atoms with Gasteiger partial charge in [-0.3, -0.25) is 14.3 Å². The maximum Gasteiger partial charge on any atom is 0.248 e. The Bertz CT molecular complexity index is 582. The van der Waals surface area contributed by atoms with E-state index >= 15 is 0 Å². The van der Waals surface area contributed by atoms with Gasteiger partial charge in [-0.2, -0.15) is 5.10 Å². The van der Waals surface area contributed by atoms with Crippen LogP contribution >= 0.6 is 0 Å². The van der Waals surface area contributed by atoms with Gasteiger partial charge in [0.2, 0.25) is 11.8 Å². The number of ether oxygens (including phenoxy) is 2. The van der Waals surface area contributed by atoms with E-state index in [0.717, 1.165) is 5.69 Å². The van der Waals surface area contributed by atoms with Gasteiger partial charge in [0.05, 0.1) is 37.9 Å². The molecular weight excluding hydrogens is 312 g/mol. The normalized spacial score (nSPS) is 20.8. The average molecular weight is 336 g/mol. The van der Waals surface area contributed by atoms with Crippen LogP contribution in [0.15, 0.2) is 12.3 Å². The number of nitrogens with zero attached hydrogens (tertiary/aromatic N) is 4. The second-order valence-electron chi connectivity index (χ2n) is 6.03. The summed E-state index contributed by atoms with van der Waals surface area (Å²) in [5.41, 5.74) is 0.950. The first-order valence-corrected chi connectivity index (χ1v) is 8.42. The number of morpholine rings is 1. The van der Waals surface area contributed by atoms with Gasteiger partial charge in [-0.1, -0.05) is 0 Å².